The van der Waals surface area contributed by atoms with E-state index in [9.17, 15) is 4.39 Å². The lowest BCUT2D eigenvalue weighted by Gasteiger charge is -2.15. The van der Waals surface area contributed by atoms with Crippen LogP contribution in [0.2, 0.25) is 0 Å². The molecule has 2 rings (SSSR count). The smallest absolute Gasteiger partial charge is 0.132 e. The molecule has 1 atom stereocenters. The monoisotopic (exact) mass is 236 g/mol. The summed E-state index contributed by atoms with van der Waals surface area (Å²) >= 11 is 0. The third kappa shape index (κ3) is 2.26. The minimum atomic E-state index is -0.341. The number of benzene rings is 1. The molecule has 0 spiro atoms. The Hall–Kier alpha value is -1.95. The molecule has 0 amide bonds. The van der Waals surface area contributed by atoms with Gasteiger partial charge in [-0.1, -0.05) is 6.07 Å². The summed E-state index contributed by atoms with van der Waals surface area (Å²) in [6.45, 7) is 0. The van der Waals surface area contributed by atoms with Crippen molar-refractivity contribution < 1.29 is 9.13 Å². The fraction of sp³-hybridized carbons (Fsp3) is 0.273. The minimum Gasteiger partial charge on any atom is -0.497 e. The van der Waals surface area contributed by atoms with E-state index in [-0.39, 0.29) is 11.9 Å². The van der Waals surface area contributed by atoms with Gasteiger partial charge in [0.05, 0.1) is 19.3 Å². The summed E-state index contributed by atoms with van der Waals surface area (Å²) < 4.78 is 18.8. The van der Waals surface area contributed by atoms with Gasteiger partial charge in [-0.25, -0.2) is 4.39 Å². The number of hydrogen-bond acceptors (Lipinski definition) is 4. The zero-order valence-corrected chi connectivity index (χ0v) is 9.57. The molecule has 2 N–H and O–H groups in total. The summed E-state index contributed by atoms with van der Waals surface area (Å²) in [6, 6.07) is 4.40. The maximum absolute atomic E-state index is 13.9. The van der Waals surface area contributed by atoms with Crippen LogP contribution in [-0.2, 0) is 0 Å². The highest BCUT2D eigenvalue weighted by Crippen LogP contribution is 2.25. The van der Waals surface area contributed by atoms with Crippen LogP contribution in [0.1, 0.15) is 17.3 Å². The van der Waals surface area contributed by atoms with Gasteiger partial charge >= 0.3 is 0 Å². The summed E-state index contributed by atoms with van der Waals surface area (Å²) in [4.78, 5) is 0. The van der Waals surface area contributed by atoms with Crippen LogP contribution in [0.15, 0.2) is 24.4 Å². The van der Waals surface area contributed by atoms with Crippen molar-refractivity contribution >= 4 is 0 Å². The molecule has 0 saturated heterocycles. The van der Waals surface area contributed by atoms with Gasteiger partial charge in [0.1, 0.15) is 17.3 Å². The lowest BCUT2D eigenvalue weighted by Crippen LogP contribution is -2.19. The molecule has 0 saturated carbocycles. The zero-order chi connectivity index (χ0) is 12.3. The van der Waals surface area contributed by atoms with Gasteiger partial charge in [0.15, 0.2) is 0 Å². The highest BCUT2D eigenvalue weighted by atomic mass is 19.1. The second-order valence-electron chi connectivity index (χ2n) is 3.50. The molecular weight excluding hydrogens is 223 g/mol. The molecule has 90 valence electrons. The van der Waals surface area contributed by atoms with Gasteiger partial charge in [-0.3, -0.25) is 0 Å². The normalized spacial score (nSPS) is 12.4. The van der Waals surface area contributed by atoms with Crippen molar-refractivity contribution in [3.8, 4) is 5.75 Å². The van der Waals surface area contributed by atoms with Crippen LogP contribution in [0, 0.1) is 5.82 Å². The number of methoxy groups -OCH3 is 1. The molecule has 2 aromatic rings. The summed E-state index contributed by atoms with van der Waals surface area (Å²) in [5, 5.41) is 13.2. The number of ether oxygens (including phenoxy) is 1. The molecular formula is C11H13FN4O. The van der Waals surface area contributed by atoms with Crippen LogP contribution >= 0.6 is 0 Å². The summed E-state index contributed by atoms with van der Waals surface area (Å²) in [5.74, 6) is 0.146. The van der Waals surface area contributed by atoms with Gasteiger partial charge in [0, 0.05) is 11.6 Å². The maximum Gasteiger partial charge on any atom is 0.132 e. The van der Waals surface area contributed by atoms with Crippen molar-refractivity contribution in [3.05, 3.63) is 41.5 Å². The number of nitrogens with zero attached hydrogens (tertiary/aromatic N) is 2. The third-order valence-corrected chi connectivity index (χ3v) is 2.54. The number of aromatic nitrogens is 3. The number of hydrogen-bond donors (Lipinski definition) is 2. The van der Waals surface area contributed by atoms with Crippen LogP contribution in [-0.4, -0.2) is 29.6 Å². The first kappa shape index (κ1) is 11.5. The van der Waals surface area contributed by atoms with Crippen molar-refractivity contribution in [3.63, 3.8) is 0 Å². The van der Waals surface area contributed by atoms with Crippen LogP contribution in [0.3, 0.4) is 0 Å². The zero-order valence-electron chi connectivity index (χ0n) is 9.57. The van der Waals surface area contributed by atoms with Crippen LogP contribution < -0.4 is 10.1 Å². The van der Waals surface area contributed by atoms with Gasteiger partial charge in [0.2, 0.25) is 0 Å². The minimum absolute atomic E-state index is 0.334. The molecule has 1 aromatic heterocycles. The van der Waals surface area contributed by atoms with Gasteiger partial charge in [-0.2, -0.15) is 15.4 Å². The van der Waals surface area contributed by atoms with E-state index in [0.29, 0.717) is 17.0 Å². The molecule has 0 aliphatic carbocycles. The second-order valence-corrected chi connectivity index (χ2v) is 3.50. The standard InChI is InChI=1S/C11H13FN4O/c1-13-11(10-6-14-16-15-10)8-4-3-7(17-2)5-9(8)12/h3-6,11,13H,1-2H3,(H,14,15,16). The lowest BCUT2D eigenvalue weighted by atomic mass is 10.0. The SMILES string of the molecule is CNC(c1cn[nH]n1)c1ccc(OC)cc1F. The first-order chi connectivity index (χ1) is 8.26. The molecule has 1 heterocycles. The number of halogens is 1. The van der Waals surface area contributed by atoms with E-state index in [1.807, 2.05) is 0 Å². The Balaban J connectivity index is 2.38. The van der Waals surface area contributed by atoms with E-state index < -0.39 is 0 Å². The molecule has 0 radical (unpaired) electrons. The number of H-pyrrole nitrogens is 1. The van der Waals surface area contributed by atoms with Crippen molar-refractivity contribution in [2.24, 2.45) is 0 Å². The molecule has 5 nitrogen and oxygen atoms in total. The fourth-order valence-corrected chi connectivity index (χ4v) is 1.68. The Labute approximate surface area is 98.0 Å². The molecule has 0 fully saturated rings. The average molecular weight is 236 g/mol. The number of rotatable bonds is 4. The summed E-state index contributed by atoms with van der Waals surface area (Å²) in [5.41, 5.74) is 1.14. The quantitative estimate of drug-likeness (QED) is 0.839. The number of nitrogens with one attached hydrogen (secondary N) is 2. The van der Waals surface area contributed by atoms with Crippen LogP contribution in [0.5, 0.6) is 5.75 Å². The summed E-state index contributed by atoms with van der Waals surface area (Å²) in [6.07, 6.45) is 1.56. The van der Waals surface area contributed by atoms with Crippen LogP contribution in [0.25, 0.3) is 0 Å². The first-order valence-electron chi connectivity index (χ1n) is 5.12. The van der Waals surface area contributed by atoms with E-state index in [4.69, 9.17) is 4.74 Å². The van der Waals surface area contributed by atoms with Crippen molar-refractivity contribution in [1.82, 2.24) is 20.7 Å². The van der Waals surface area contributed by atoms with Crippen molar-refractivity contribution in [2.75, 3.05) is 14.2 Å². The lowest BCUT2D eigenvalue weighted by molar-refractivity contribution is 0.410. The highest BCUT2D eigenvalue weighted by molar-refractivity contribution is 5.34. The van der Waals surface area contributed by atoms with E-state index in [1.54, 1.807) is 25.4 Å². The maximum atomic E-state index is 13.9. The Kier molecular flexibility index (Phi) is 3.34. The predicted octanol–water partition coefficient (Wildman–Crippen LogP) is 1.26. The van der Waals surface area contributed by atoms with Gasteiger partial charge in [-0.15, -0.1) is 0 Å². The molecule has 1 unspecified atom stereocenters. The number of aromatic amines is 1. The Morgan fingerprint density at radius 3 is 2.82 bits per heavy atom. The third-order valence-electron chi connectivity index (χ3n) is 2.54. The molecule has 0 aliphatic rings. The van der Waals surface area contributed by atoms with Gasteiger partial charge in [0.25, 0.3) is 0 Å². The van der Waals surface area contributed by atoms with Crippen LogP contribution in [0.4, 0.5) is 4.39 Å². The Bertz CT molecular complexity index is 486. The van der Waals surface area contributed by atoms with Crippen molar-refractivity contribution in [2.45, 2.75) is 6.04 Å². The predicted molar refractivity (Wildman–Crippen MR) is 60.2 cm³/mol. The molecule has 1 aromatic carbocycles. The van der Waals surface area contributed by atoms with E-state index in [0.717, 1.165) is 0 Å². The van der Waals surface area contributed by atoms with E-state index in [1.165, 1.54) is 13.2 Å². The molecule has 0 aliphatic heterocycles. The summed E-state index contributed by atoms with van der Waals surface area (Å²) in [7, 11) is 3.24. The Morgan fingerprint density at radius 2 is 2.29 bits per heavy atom. The van der Waals surface area contributed by atoms with Crippen molar-refractivity contribution in [1.29, 1.82) is 0 Å². The largest absolute Gasteiger partial charge is 0.497 e. The van der Waals surface area contributed by atoms with Gasteiger partial charge in [-0.05, 0) is 13.1 Å². The molecule has 17 heavy (non-hydrogen) atoms. The first-order valence-corrected chi connectivity index (χ1v) is 5.12. The molecule has 0 bridgehead atoms. The van der Waals surface area contributed by atoms with Gasteiger partial charge < -0.3 is 10.1 Å². The average Bonchev–Trinajstić information content (AvgIpc) is 2.85. The highest BCUT2D eigenvalue weighted by Gasteiger charge is 2.18. The molecule has 6 heteroatoms. The second kappa shape index (κ2) is 4.92. The fourth-order valence-electron chi connectivity index (χ4n) is 1.68. The Morgan fingerprint density at radius 1 is 1.47 bits per heavy atom. The van der Waals surface area contributed by atoms with E-state index >= 15 is 0 Å². The topological polar surface area (TPSA) is 62.8 Å². The van der Waals surface area contributed by atoms with E-state index in [2.05, 4.69) is 20.7 Å².